The Labute approximate surface area is 120 Å². The van der Waals surface area contributed by atoms with E-state index in [0.29, 0.717) is 6.04 Å². The van der Waals surface area contributed by atoms with Crippen LogP contribution in [0.3, 0.4) is 0 Å². The first-order valence-electron chi connectivity index (χ1n) is 7.21. The zero-order valence-electron chi connectivity index (χ0n) is 12.2. The fourth-order valence-electron chi connectivity index (χ4n) is 3.11. The van der Waals surface area contributed by atoms with Gasteiger partial charge in [-0.05, 0) is 50.7 Å². The maximum absolute atomic E-state index is 5.85. The van der Waals surface area contributed by atoms with Crippen LogP contribution in [0.2, 0.25) is 0 Å². The smallest absolute Gasteiger partial charge is 0.0743 e. The van der Waals surface area contributed by atoms with Crippen LogP contribution < -0.4 is 10.6 Å². The molecule has 4 heteroatoms. The van der Waals surface area contributed by atoms with Crippen molar-refractivity contribution in [1.29, 1.82) is 0 Å². The summed E-state index contributed by atoms with van der Waals surface area (Å²) < 4.78 is 0. The van der Waals surface area contributed by atoms with E-state index in [0.717, 1.165) is 17.7 Å². The minimum absolute atomic E-state index is 0.567. The van der Waals surface area contributed by atoms with Gasteiger partial charge in [0, 0.05) is 42.6 Å². The van der Waals surface area contributed by atoms with Crippen molar-refractivity contribution in [3.05, 3.63) is 30.5 Å². The van der Waals surface area contributed by atoms with Crippen molar-refractivity contribution in [2.75, 3.05) is 37.8 Å². The molecule has 1 aromatic carbocycles. The number of hydrogen-bond acceptors (Lipinski definition) is 4. The summed E-state index contributed by atoms with van der Waals surface area (Å²) in [6.07, 6.45) is 4.39. The minimum Gasteiger partial charge on any atom is -0.399 e. The molecule has 0 bridgehead atoms. The van der Waals surface area contributed by atoms with Gasteiger partial charge in [0.25, 0.3) is 0 Å². The number of fused-ring (bicyclic) bond motifs is 1. The van der Waals surface area contributed by atoms with Gasteiger partial charge in [0.1, 0.15) is 0 Å². The highest BCUT2D eigenvalue weighted by molar-refractivity contribution is 5.93. The molecule has 1 fully saturated rings. The van der Waals surface area contributed by atoms with Crippen LogP contribution in [-0.4, -0.2) is 43.1 Å². The van der Waals surface area contributed by atoms with E-state index in [1.54, 1.807) is 0 Å². The Hall–Kier alpha value is -1.81. The Kier molecular flexibility index (Phi) is 3.49. The molecule has 1 atom stereocenters. The van der Waals surface area contributed by atoms with Crippen molar-refractivity contribution in [3.8, 4) is 0 Å². The van der Waals surface area contributed by atoms with Gasteiger partial charge in [0.2, 0.25) is 0 Å². The van der Waals surface area contributed by atoms with Crippen LogP contribution in [0.4, 0.5) is 11.4 Å². The topological polar surface area (TPSA) is 45.4 Å². The van der Waals surface area contributed by atoms with E-state index in [4.69, 9.17) is 5.73 Å². The van der Waals surface area contributed by atoms with E-state index in [-0.39, 0.29) is 0 Å². The lowest BCUT2D eigenvalue weighted by atomic mass is 10.0. The minimum atomic E-state index is 0.567. The lowest BCUT2D eigenvalue weighted by Gasteiger charge is -2.37. The molecule has 0 radical (unpaired) electrons. The van der Waals surface area contributed by atoms with Gasteiger partial charge in [-0.2, -0.15) is 0 Å². The van der Waals surface area contributed by atoms with E-state index in [9.17, 15) is 0 Å². The van der Waals surface area contributed by atoms with Gasteiger partial charge in [0.15, 0.2) is 0 Å². The Morgan fingerprint density at radius 3 is 3.00 bits per heavy atom. The predicted octanol–water partition coefficient (Wildman–Crippen LogP) is 2.35. The van der Waals surface area contributed by atoms with Crippen LogP contribution in [0, 0.1) is 0 Å². The van der Waals surface area contributed by atoms with Gasteiger partial charge in [-0.15, -0.1) is 0 Å². The first kappa shape index (κ1) is 13.2. The monoisotopic (exact) mass is 270 g/mol. The highest BCUT2D eigenvalue weighted by atomic mass is 15.2. The van der Waals surface area contributed by atoms with Crippen LogP contribution in [-0.2, 0) is 0 Å². The van der Waals surface area contributed by atoms with Gasteiger partial charge in [-0.3, -0.25) is 4.98 Å². The zero-order chi connectivity index (χ0) is 14.1. The standard InChI is InChI=1S/C16H22N4/c1-19-9-3-4-13(11-19)20(2)16-7-8-18-15-10-12(17)5-6-14(15)16/h5-8,10,13H,3-4,9,11,17H2,1-2H3. The maximum atomic E-state index is 5.85. The Morgan fingerprint density at radius 2 is 2.20 bits per heavy atom. The molecule has 20 heavy (non-hydrogen) atoms. The number of nitrogen functional groups attached to an aromatic ring is 1. The summed E-state index contributed by atoms with van der Waals surface area (Å²) >= 11 is 0. The molecule has 3 rings (SSSR count). The number of hydrogen-bond donors (Lipinski definition) is 1. The molecule has 1 aromatic heterocycles. The lowest BCUT2D eigenvalue weighted by molar-refractivity contribution is 0.248. The fourth-order valence-corrected chi connectivity index (χ4v) is 3.11. The first-order chi connectivity index (χ1) is 9.65. The summed E-state index contributed by atoms with van der Waals surface area (Å²) in [5.41, 5.74) is 8.83. The SMILES string of the molecule is CN1CCCC(N(C)c2ccnc3cc(N)ccc23)C1. The molecular formula is C16H22N4. The van der Waals surface area contributed by atoms with Crippen molar-refractivity contribution < 1.29 is 0 Å². The molecule has 2 aromatic rings. The number of pyridine rings is 1. The van der Waals surface area contributed by atoms with E-state index >= 15 is 0 Å². The van der Waals surface area contributed by atoms with E-state index < -0.39 is 0 Å². The number of benzene rings is 1. The number of likely N-dealkylation sites (tertiary alicyclic amines) is 1. The highest BCUT2D eigenvalue weighted by Gasteiger charge is 2.22. The highest BCUT2D eigenvalue weighted by Crippen LogP contribution is 2.29. The molecule has 0 aliphatic carbocycles. The van der Waals surface area contributed by atoms with Gasteiger partial charge < -0.3 is 15.5 Å². The quantitative estimate of drug-likeness (QED) is 0.851. The van der Waals surface area contributed by atoms with Crippen LogP contribution >= 0.6 is 0 Å². The molecular weight excluding hydrogens is 248 g/mol. The van der Waals surface area contributed by atoms with Crippen LogP contribution in [0.5, 0.6) is 0 Å². The largest absolute Gasteiger partial charge is 0.399 e. The van der Waals surface area contributed by atoms with E-state index in [2.05, 4.69) is 41.0 Å². The average Bonchev–Trinajstić information content (AvgIpc) is 2.45. The van der Waals surface area contributed by atoms with Gasteiger partial charge in [-0.25, -0.2) is 0 Å². The van der Waals surface area contributed by atoms with Crippen molar-refractivity contribution >= 4 is 22.3 Å². The summed E-state index contributed by atoms with van der Waals surface area (Å²) in [5.74, 6) is 0. The molecule has 0 amide bonds. The Balaban J connectivity index is 1.96. The predicted molar refractivity (Wildman–Crippen MR) is 85.1 cm³/mol. The van der Waals surface area contributed by atoms with Crippen molar-refractivity contribution in [3.63, 3.8) is 0 Å². The molecule has 1 aliphatic heterocycles. The normalized spacial score (nSPS) is 20.2. The third kappa shape index (κ3) is 2.43. The van der Waals surface area contributed by atoms with E-state index in [1.807, 2.05) is 18.3 Å². The average molecular weight is 270 g/mol. The number of piperidine rings is 1. The second kappa shape index (κ2) is 5.29. The molecule has 1 saturated heterocycles. The second-order valence-corrected chi connectivity index (χ2v) is 5.78. The molecule has 106 valence electrons. The molecule has 0 spiro atoms. The zero-order valence-corrected chi connectivity index (χ0v) is 12.2. The summed E-state index contributed by atoms with van der Waals surface area (Å²) in [4.78, 5) is 9.24. The van der Waals surface area contributed by atoms with Gasteiger partial charge in [-0.1, -0.05) is 0 Å². The number of rotatable bonds is 2. The molecule has 4 nitrogen and oxygen atoms in total. The van der Waals surface area contributed by atoms with Crippen LogP contribution in [0.15, 0.2) is 30.5 Å². The number of aromatic nitrogens is 1. The van der Waals surface area contributed by atoms with Gasteiger partial charge >= 0.3 is 0 Å². The Morgan fingerprint density at radius 1 is 1.35 bits per heavy atom. The molecule has 1 unspecified atom stereocenters. The van der Waals surface area contributed by atoms with E-state index in [1.165, 1.54) is 30.5 Å². The fraction of sp³-hybridized carbons (Fsp3) is 0.438. The van der Waals surface area contributed by atoms with Crippen LogP contribution in [0.25, 0.3) is 10.9 Å². The molecule has 2 heterocycles. The third-order valence-electron chi connectivity index (χ3n) is 4.27. The molecule has 2 N–H and O–H groups in total. The second-order valence-electron chi connectivity index (χ2n) is 5.78. The summed E-state index contributed by atoms with van der Waals surface area (Å²) in [6, 6.07) is 8.65. The summed E-state index contributed by atoms with van der Waals surface area (Å²) in [7, 11) is 4.39. The summed E-state index contributed by atoms with van der Waals surface area (Å²) in [6.45, 7) is 2.33. The third-order valence-corrected chi connectivity index (χ3v) is 4.27. The van der Waals surface area contributed by atoms with Crippen molar-refractivity contribution in [2.24, 2.45) is 0 Å². The Bertz CT molecular complexity index is 610. The first-order valence-corrected chi connectivity index (χ1v) is 7.21. The molecule has 0 saturated carbocycles. The van der Waals surface area contributed by atoms with Crippen molar-refractivity contribution in [1.82, 2.24) is 9.88 Å². The van der Waals surface area contributed by atoms with Crippen LogP contribution in [0.1, 0.15) is 12.8 Å². The van der Waals surface area contributed by atoms with Crippen molar-refractivity contribution in [2.45, 2.75) is 18.9 Å². The summed E-state index contributed by atoms with van der Waals surface area (Å²) in [5, 5.41) is 1.18. The maximum Gasteiger partial charge on any atom is 0.0743 e. The number of likely N-dealkylation sites (N-methyl/N-ethyl adjacent to an activating group) is 2. The van der Waals surface area contributed by atoms with Gasteiger partial charge in [0.05, 0.1) is 5.52 Å². The number of nitrogens with two attached hydrogens (primary N) is 1. The lowest BCUT2D eigenvalue weighted by Crippen LogP contribution is -2.45. The number of nitrogens with zero attached hydrogens (tertiary/aromatic N) is 3. The molecule has 1 aliphatic rings. The number of anilines is 2.